The summed E-state index contributed by atoms with van der Waals surface area (Å²) in [5.74, 6) is 0.932. The number of amides is 2. The molecule has 2 rings (SSSR count). The molecule has 0 aromatic heterocycles. The van der Waals surface area contributed by atoms with Crippen LogP contribution in [0.5, 0.6) is 0 Å². The molecule has 6 heteroatoms. The second kappa shape index (κ2) is 13.9. The molecule has 2 aliphatic rings. The molecule has 0 bridgehead atoms. The number of hydrogen-bond donors (Lipinski definition) is 1. The van der Waals surface area contributed by atoms with Crippen molar-refractivity contribution in [1.29, 1.82) is 0 Å². The van der Waals surface area contributed by atoms with E-state index in [0.717, 1.165) is 51.7 Å². The molecule has 0 aromatic rings. The van der Waals surface area contributed by atoms with Gasteiger partial charge in [0.2, 0.25) is 11.8 Å². The molecular weight excluding hydrogens is 402 g/mol. The van der Waals surface area contributed by atoms with Crippen LogP contribution in [-0.4, -0.2) is 66.5 Å². The number of rotatable bonds is 11. The number of nitrogens with one attached hydrogen (secondary N) is 1. The fourth-order valence-electron chi connectivity index (χ4n) is 5.20. The molecule has 0 radical (unpaired) electrons. The molecule has 2 fully saturated rings. The highest BCUT2D eigenvalue weighted by Crippen LogP contribution is 2.35. The maximum absolute atomic E-state index is 12.5. The number of carbonyl (C=O) groups is 2. The van der Waals surface area contributed by atoms with E-state index in [2.05, 4.69) is 23.7 Å². The van der Waals surface area contributed by atoms with E-state index >= 15 is 0 Å². The van der Waals surface area contributed by atoms with Crippen molar-refractivity contribution >= 4 is 11.8 Å². The van der Waals surface area contributed by atoms with Gasteiger partial charge in [0.25, 0.3) is 0 Å². The monoisotopic (exact) mass is 449 g/mol. The van der Waals surface area contributed by atoms with Gasteiger partial charge in [-0.1, -0.05) is 52.5 Å². The lowest BCUT2D eigenvalue weighted by atomic mass is 9.83. The van der Waals surface area contributed by atoms with Gasteiger partial charge in [-0.25, -0.2) is 0 Å². The Morgan fingerprint density at radius 2 is 1.72 bits per heavy atom. The first-order valence-electron chi connectivity index (χ1n) is 13.0. The van der Waals surface area contributed by atoms with Gasteiger partial charge in [-0.05, 0) is 45.1 Å². The second-order valence-corrected chi connectivity index (χ2v) is 9.66. The number of piperidine rings is 1. The zero-order valence-corrected chi connectivity index (χ0v) is 20.9. The van der Waals surface area contributed by atoms with Crippen molar-refractivity contribution in [2.24, 2.45) is 0 Å². The molecule has 1 aliphatic heterocycles. The minimum Gasteiger partial charge on any atom is -0.496 e. The van der Waals surface area contributed by atoms with Crippen molar-refractivity contribution in [2.45, 2.75) is 109 Å². The molecule has 0 aromatic carbocycles. The van der Waals surface area contributed by atoms with Gasteiger partial charge in [0.05, 0.1) is 6.61 Å². The highest BCUT2D eigenvalue weighted by Gasteiger charge is 2.43. The zero-order chi connectivity index (χ0) is 23.4. The Hall–Kier alpha value is -1.56. The number of hydrogen-bond acceptors (Lipinski definition) is 4. The topological polar surface area (TPSA) is 61.9 Å². The summed E-state index contributed by atoms with van der Waals surface area (Å²) in [6.45, 7) is 11.8. The van der Waals surface area contributed by atoms with Crippen LogP contribution in [0.2, 0.25) is 0 Å². The lowest BCUT2D eigenvalue weighted by molar-refractivity contribution is -0.137. The van der Waals surface area contributed by atoms with Gasteiger partial charge in [-0.15, -0.1) is 0 Å². The fourth-order valence-corrected chi connectivity index (χ4v) is 5.20. The van der Waals surface area contributed by atoms with Gasteiger partial charge in [0.15, 0.2) is 0 Å². The highest BCUT2D eigenvalue weighted by molar-refractivity contribution is 5.77. The van der Waals surface area contributed by atoms with Gasteiger partial charge in [0, 0.05) is 39.0 Å². The summed E-state index contributed by atoms with van der Waals surface area (Å²) in [5, 5.41) is 3.23. The van der Waals surface area contributed by atoms with E-state index in [4.69, 9.17) is 4.74 Å². The summed E-state index contributed by atoms with van der Waals surface area (Å²) < 4.78 is 6.09. The molecule has 1 saturated carbocycles. The average Bonchev–Trinajstić information content (AvgIpc) is 2.78. The van der Waals surface area contributed by atoms with E-state index in [9.17, 15) is 9.59 Å². The minimum atomic E-state index is -0.446. The van der Waals surface area contributed by atoms with E-state index < -0.39 is 5.54 Å². The van der Waals surface area contributed by atoms with E-state index in [1.807, 2.05) is 18.9 Å². The molecule has 2 amide bonds. The highest BCUT2D eigenvalue weighted by atomic mass is 16.5. The SMILES string of the molecule is C=C(OCCCC(=O)NC1CCCCCCC1)C1(N(C)C(=O)CC)CCN(CCC)CC1. The Morgan fingerprint density at radius 3 is 2.31 bits per heavy atom. The van der Waals surface area contributed by atoms with Crippen LogP contribution >= 0.6 is 0 Å². The lowest BCUT2D eigenvalue weighted by Crippen LogP contribution is -2.57. The van der Waals surface area contributed by atoms with Crippen molar-refractivity contribution in [3.63, 3.8) is 0 Å². The predicted molar refractivity (Wildman–Crippen MR) is 130 cm³/mol. The van der Waals surface area contributed by atoms with Crippen LogP contribution in [0.1, 0.15) is 97.3 Å². The molecular formula is C26H47N3O3. The summed E-state index contributed by atoms with van der Waals surface area (Å²) in [5.41, 5.74) is -0.446. The van der Waals surface area contributed by atoms with Crippen LogP contribution < -0.4 is 5.32 Å². The molecule has 0 unspecified atom stereocenters. The third kappa shape index (κ3) is 7.79. The molecule has 6 nitrogen and oxygen atoms in total. The predicted octanol–water partition coefficient (Wildman–Crippen LogP) is 4.64. The van der Waals surface area contributed by atoms with Crippen molar-refractivity contribution in [1.82, 2.24) is 15.1 Å². The Labute approximate surface area is 196 Å². The lowest BCUT2D eigenvalue weighted by Gasteiger charge is -2.47. The quantitative estimate of drug-likeness (QED) is 0.369. The first-order chi connectivity index (χ1) is 15.4. The molecule has 1 aliphatic carbocycles. The van der Waals surface area contributed by atoms with Crippen LogP contribution in [0.4, 0.5) is 0 Å². The van der Waals surface area contributed by atoms with Gasteiger partial charge in [0.1, 0.15) is 11.3 Å². The maximum Gasteiger partial charge on any atom is 0.222 e. The zero-order valence-electron chi connectivity index (χ0n) is 20.9. The van der Waals surface area contributed by atoms with Crippen molar-refractivity contribution < 1.29 is 14.3 Å². The van der Waals surface area contributed by atoms with E-state index in [1.165, 1.54) is 32.1 Å². The average molecular weight is 450 g/mol. The minimum absolute atomic E-state index is 0.122. The van der Waals surface area contributed by atoms with Crippen LogP contribution in [0.15, 0.2) is 12.3 Å². The Balaban J connectivity index is 1.82. The third-order valence-corrected chi connectivity index (χ3v) is 7.36. The first-order valence-corrected chi connectivity index (χ1v) is 13.0. The van der Waals surface area contributed by atoms with E-state index in [-0.39, 0.29) is 11.8 Å². The third-order valence-electron chi connectivity index (χ3n) is 7.36. The van der Waals surface area contributed by atoms with Crippen molar-refractivity contribution in [3.8, 4) is 0 Å². The van der Waals surface area contributed by atoms with Crippen LogP contribution in [0.25, 0.3) is 0 Å². The number of carbonyl (C=O) groups excluding carboxylic acids is 2. The molecule has 1 heterocycles. The second-order valence-electron chi connectivity index (χ2n) is 9.66. The Kier molecular flexibility index (Phi) is 11.6. The molecule has 32 heavy (non-hydrogen) atoms. The number of ether oxygens (including phenoxy) is 1. The summed E-state index contributed by atoms with van der Waals surface area (Å²) in [6.07, 6.45) is 13.0. The van der Waals surface area contributed by atoms with Gasteiger partial charge in [-0.2, -0.15) is 0 Å². The van der Waals surface area contributed by atoms with Gasteiger partial charge >= 0.3 is 0 Å². The van der Waals surface area contributed by atoms with Crippen molar-refractivity contribution in [2.75, 3.05) is 33.3 Å². The van der Waals surface area contributed by atoms with Gasteiger partial charge < -0.3 is 19.9 Å². The van der Waals surface area contributed by atoms with Crippen molar-refractivity contribution in [3.05, 3.63) is 12.3 Å². The molecule has 1 N–H and O–H groups in total. The number of likely N-dealkylation sites (tertiary alicyclic amines) is 1. The first kappa shape index (κ1) is 26.7. The summed E-state index contributed by atoms with van der Waals surface area (Å²) in [4.78, 5) is 29.3. The van der Waals surface area contributed by atoms with Crippen LogP contribution in [0.3, 0.4) is 0 Å². The Bertz CT molecular complexity index is 591. The normalized spacial score (nSPS) is 20.1. The number of nitrogens with zero attached hydrogens (tertiary/aromatic N) is 2. The standard InChI is InChI=1S/C26H47N3O3/c1-5-18-29-19-16-26(17-20-29,28(4)25(31)6-2)22(3)32-21-12-15-24(30)27-23-13-10-8-7-9-11-14-23/h23H,3,5-21H2,1-2,4H3,(H,27,30). The summed E-state index contributed by atoms with van der Waals surface area (Å²) in [7, 11) is 1.89. The molecule has 0 spiro atoms. The van der Waals surface area contributed by atoms with Crippen LogP contribution in [-0.2, 0) is 14.3 Å². The number of likely N-dealkylation sites (N-methyl/N-ethyl adjacent to an activating group) is 1. The summed E-state index contributed by atoms with van der Waals surface area (Å²) >= 11 is 0. The van der Waals surface area contributed by atoms with Crippen LogP contribution in [0, 0.1) is 0 Å². The Morgan fingerprint density at radius 1 is 1.09 bits per heavy atom. The molecule has 184 valence electrons. The smallest absolute Gasteiger partial charge is 0.222 e. The maximum atomic E-state index is 12.5. The van der Waals surface area contributed by atoms with E-state index in [0.29, 0.717) is 37.7 Å². The molecule has 0 atom stereocenters. The van der Waals surface area contributed by atoms with E-state index in [1.54, 1.807) is 0 Å². The largest absolute Gasteiger partial charge is 0.496 e. The summed E-state index contributed by atoms with van der Waals surface area (Å²) in [6, 6.07) is 0.337. The fraction of sp³-hybridized carbons (Fsp3) is 0.846. The van der Waals surface area contributed by atoms with Gasteiger partial charge in [-0.3, -0.25) is 9.59 Å². The molecule has 1 saturated heterocycles.